The summed E-state index contributed by atoms with van der Waals surface area (Å²) in [6.07, 6.45) is -0.276. The Balaban J connectivity index is 1.27. The molecule has 0 aromatic carbocycles. The second-order valence-electron chi connectivity index (χ2n) is 12.8. The van der Waals surface area contributed by atoms with Gasteiger partial charge in [-0.3, -0.25) is 9.58 Å². The number of rotatable bonds is 4. The molecule has 1 aliphatic carbocycles. The van der Waals surface area contributed by atoms with Crippen LogP contribution in [-0.2, 0) is 18.0 Å². The monoisotopic (exact) mass is 587 g/mol. The Morgan fingerprint density at radius 1 is 1.05 bits per heavy atom. The predicted molar refractivity (Wildman–Crippen MR) is 151 cm³/mol. The number of amides is 1. The molecule has 5 rings (SSSR count). The van der Waals surface area contributed by atoms with E-state index in [9.17, 15) is 23.2 Å². The largest absolute Gasteiger partial charge is 0.444 e. The smallest absolute Gasteiger partial charge is 0.434 e. The van der Waals surface area contributed by atoms with Crippen LogP contribution in [0, 0.1) is 18.3 Å². The standard InChI is InChI=1S/C30H40F3N7O2/c1-19-18-35-37(5)26(19)20-6-8-39(9-7-20)25-16-23(24(17-34)27(36-25)30(31,32)33)21-14-22(15-21)38-10-12-40(13-11-38)28(41)42-29(2,3)4/h16,18,20-22H,6-15H2,1-5H3. The van der Waals surface area contributed by atoms with Crippen LogP contribution < -0.4 is 4.90 Å². The van der Waals surface area contributed by atoms with Gasteiger partial charge in [-0.15, -0.1) is 0 Å². The molecule has 12 heteroatoms. The Morgan fingerprint density at radius 2 is 1.69 bits per heavy atom. The topological polar surface area (TPSA) is 90.5 Å². The van der Waals surface area contributed by atoms with Crippen LogP contribution in [0.25, 0.3) is 0 Å². The van der Waals surface area contributed by atoms with Gasteiger partial charge in [0.1, 0.15) is 17.5 Å². The van der Waals surface area contributed by atoms with Gasteiger partial charge in [0, 0.05) is 64.0 Å². The molecule has 228 valence electrons. The third-order valence-corrected chi connectivity index (χ3v) is 8.84. The normalized spacial score (nSPS) is 22.5. The second kappa shape index (κ2) is 11.4. The number of piperazine rings is 1. The molecule has 2 aromatic rings. The number of nitriles is 1. The van der Waals surface area contributed by atoms with Crippen LogP contribution >= 0.6 is 0 Å². The number of halogens is 3. The van der Waals surface area contributed by atoms with Crippen molar-refractivity contribution in [1.82, 2.24) is 24.6 Å². The number of nitrogens with zero attached hydrogens (tertiary/aromatic N) is 7. The lowest BCUT2D eigenvalue weighted by Crippen LogP contribution is -2.55. The third-order valence-electron chi connectivity index (χ3n) is 8.84. The maximum Gasteiger partial charge on any atom is 0.434 e. The minimum absolute atomic E-state index is 0.147. The summed E-state index contributed by atoms with van der Waals surface area (Å²) in [5.41, 5.74) is 0.747. The molecule has 1 amide bonds. The van der Waals surface area contributed by atoms with E-state index in [1.165, 1.54) is 5.69 Å². The van der Waals surface area contributed by atoms with Crippen LogP contribution in [0.3, 0.4) is 0 Å². The molecular formula is C30H40F3N7O2. The molecule has 0 spiro atoms. The summed E-state index contributed by atoms with van der Waals surface area (Å²) in [5, 5.41) is 14.2. The first-order valence-electron chi connectivity index (χ1n) is 14.7. The molecule has 2 saturated heterocycles. The van der Waals surface area contributed by atoms with Gasteiger partial charge in [-0.25, -0.2) is 9.78 Å². The Labute approximate surface area is 245 Å². The van der Waals surface area contributed by atoms with Crippen LogP contribution in [0.15, 0.2) is 12.3 Å². The molecule has 0 radical (unpaired) electrons. The second-order valence-corrected chi connectivity index (χ2v) is 12.8. The first-order chi connectivity index (χ1) is 19.7. The van der Waals surface area contributed by atoms with Gasteiger partial charge in [-0.2, -0.15) is 23.5 Å². The van der Waals surface area contributed by atoms with Crippen molar-refractivity contribution in [2.75, 3.05) is 44.2 Å². The predicted octanol–water partition coefficient (Wildman–Crippen LogP) is 5.20. The zero-order chi connectivity index (χ0) is 30.4. The average Bonchev–Trinajstić information content (AvgIpc) is 3.24. The van der Waals surface area contributed by atoms with Crippen molar-refractivity contribution in [1.29, 1.82) is 5.26 Å². The quantitative estimate of drug-likeness (QED) is 0.486. The summed E-state index contributed by atoms with van der Waals surface area (Å²) >= 11 is 0. The van der Waals surface area contributed by atoms with Gasteiger partial charge < -0.3 is 14.5 Å². The van der Waals surface area contributed by atoms with E-state index < -0.39 is 17.5 Å². The van der Waals surface area contributed by atoms with Crippen molar-refractivity contribution in [3.05, 3.63) is 40.3 Å². The molecule has 4 heterocycles. The lowest BCUT2D eigenvalue weighted by Gasteiger charge is -2.47. The molecule has 0 atom stereocenters. The van der Waals surface area contributed by atoms with Crippen LogP contribution in [0.4, 0.5) is 23.8 Å². The van der Waals surface area contributed by atoms with Crippen molar-refractivity contribution in [3.8, 4) is 6.07 Å². The number of pyridine rings is 1. The van der Waals surface area contributed by atoms with Crippen LogP contribution in [0.2, 0.25) is 0 Å². The number of alkyl halides is 3. The Hall–Kier alpha value is -3.33. The molecule has 3 aliphatic rings. The number of piperidine rings is 1. The molecule has 1 saturated carbocycles. The van der Waals surface area contributed by atoms with E-state index in [1.54, 1.807) is 11.0 Å². The van der Waals surface area contributed by atoms with Gasteiger partial charge in [0.05, 0.1) is 11.8 Å². The number of anilines is 1. The average molecular weight is 588 g/mol. The third kappa shape index (κ3) is 6.21. The van der Waals surface area contributed by atoms with E-state index in [0.717, 1.165) is 18.4 Å². The molecule has 2 aliphatic heterocycles. The summed E-state index contributed by atoms with van der Waals surface area (Å²) in [5.74, 6) is 0.439. The fraction of sp³-hybridized carbons (Fsp3) is 0.667. The summed E-state index contributed by atoms with van der Waals surface area (Å²) in [7, 11) is 1.92. The number of ether oxygens (including phenoxy) is 1. The maximum absolute atomic E-state index is 14.2. The molecule has 0 N–H and O–H groups in total. The Kier molecular flexibility index (Phi) is 8.18. The van der Waals surface area contributed by atoms with Gasteiger partial charge >= 0.3 is 12.3 Å². The van der Waals surface area contributed by atoms with Crippen molar-refractivity contribution < 1.29 is 22.7 Å². The molecule has 0 unspecified atom stereocenters. The van der Waals surface area contributed by atoms with E-state index >= 15 is 0 Å². The number of hydrogen-bond donors (Lipinski definition) is 0. The van der Waals surface area contributed by atoms with E-state index in [2.05, 4.69) is 15.0 Å². The van der Waals surface area contributed by atoms with Gasteiger partial charge in [-0.1, -0.05) is 0 Å². The highest BCUT2D eigenvalue weighted by molar-refractivity contribution is 5.68. The Morgan fingerprint density at radius 3 is 2.21 bits per heavy atom. The van der Waals surface area contributed by atoms with E-state index in [1.807, 2.05) is 56.6 Å². The minimum atomic E-state index is -4.72. The highest BCUT2D eigenvalue weighted by Gasteiger charge is 2.43. The summed E-state index contributed by atoms with van der Waals surface area (Å²) in [6.45, 7) is 11.2. The number of carbonyl (C=O) groups is 1. The van der Waals surface area contributed by atoms with Crippen molar-refractivity contribution >= 4 is 11.9 Å². The van der Waals surface area contributed by atoms with Gasteiger partial charge in [0.2, 0.25) is 0 Å². The highest BCUT2D eigenvalue weighted by atomic mass is 19.4. The molecule has 2 aromatic heterocycles. The first kappa shape index (κ1) is 30.1. The SMILES string of the molecule is Cc1cnn(C)c1C1CCN(c2cc(C3CC(N4CCN(C(=O)OC(C)(C)C)CC4)C3)c(C#N)c(C(F)(F)F)n2)CC1. The first-order valence-corrected chi connectivity index (χ1v) is 14.7. The summed E-state index contributed by atoms with van der Waals surface area (Å²) < 4.78 is 49.9. The fourth-order valence-corrected chi connectivity index (χ4v) is 6.62. The van der Waals surface area contributed by atoms with Crippen molar-refractivity contribution in [2.24, 2.45) is 7.05 Å². The number of aryl methyl sites for hydroxylation is 2. The van der Waals surface area contributed by atoms with Crippen LogP contribution in [0.1, 0.15) is 86.4 Å². The zero-order valence-electron chi connectivity index (χ0n) is 25.0. The molecule has 42 heavy (non-hydrogen) atoms. The lowest BCUT2D eigenvalue weighted by atomic mass is 9.73. The van der Waals surface area contributed by atoms with E-state index in [4.69, 9.17) is 4.74 Å². The molecular weight excluding hydrogens is 547 g/mol. The van der Waals surface area contributed by atoms with E-state index in [-0.39, 0.29) is 29.5 Å². The summed E-state index contributed by atoms with van der Waals surface area (Å²) in [6, 6.07) is 3.76. The van der Waals surface area contributed by atoms with Crippen LogP contribution in [0.5, 0.6) is 0 Å². The maximum atomic E-state index is 14.2. The number of carbonyl (C=O) groups excluding carboxylic acids is 1. The van der Waals surface area contributed by atoms with Gasteiger partial charge in [-0.05, 0) is 76.5 Å². The lowest BCUT2D eigenvalue weighted by molar-refractivity contribution is -0.141. The minimum Gasteiger partial charge on any atom is -0.444 e. The zero-order valence-corrected chi connectivity index (χ0v) is 25.0. The molecule has 0 bridgehead atoms. The molecule has 9 nitrogen and oxygen atoms in total. The van der Waals surface area contributed by atoms with Crippen molar-refractivity contribution in [3.63, 3.8) is 0 Å². The highest BCUT2D eigenvalue weighted by Crippen LogP contribution is 2.45. The van der Waals surface area contributed by atoms with Gasteiger partial charge in [0.25, 0.3) is 0 Å². The van der Waals surface area contributed by atoms with Gasteiger partial charge in [0.15, 0.2) is 5.69 Å². The molecule has 3 fully saturated rings. The number of hydrogen-bond acceptors (Lipinski definition) is 7. The number of aromatic nitrogens is 3. The van der Waals surface area contributed by atoms with Crippen LogP contribution in [-0.4, -0.2) is 81.6 Å². The van der Waals surface area contributed by atoms with E-state index in [0.29, 0.717) is 63.5 Å². The van der Waals surface area contributed by atoms with Crippen molar-refractivity contribution in [2.45, 2.75) is 83.0 Å². The fourth-order valence-electron chi connectivity index (χ4n) is 6.62. The Bertz CT molecular complexity index is 1320. The summed E-state index contributed by atoms with van der Waals surface area (Å²) in [4.78, 5) is 22.4.